The van der Waals surface area contributed by atoms with Crippen LogP contribution in [0.25, 0.3) is 0 Å². The number of anilines is 1. The number of nitrogens with two attached hydrogens (primary N) is 1. The Labute approximate surface area is 103 Å². The molecule has 17 heavy (non-hydrogen) atoms. The zero-order valence-electron chi connectivity index (χ0n) is 10.3. The average molecular weight is 256 g/mol. The molecule has 0 spiro atoms. The molecule has 0 amide bonds. The SMILES string of the molecule is CC(C)c1ccc(NS(=O)(=O)CCCN)cc1. The summed E-state index contributed by atoms with van der Waals surface area (Å²) in [6.45, 7) is 4.58. The summed E-state index contributed by atoms with van der Waals surface area (Å²) in [5, 5.41) is 0. The second kappa shape index (κ2) is 6.02. The van der Waals surface area contributed by atoms with Gasteiger partial charge in [0.15, 0.2) is 0 Å². The minimum atomic E-state index is -3.26. The number of nitrogens with one attached hydrogen (secondary N) is 1. The molecule has 3 N–H and O–H groups in total. The first-order valence-corrected chi connectivity index (χ1v) is 7.40. The van der Waals surface area contributed by atoms with E-state index in [1.165, 1.54) is 5.56 Å². The summed E-state index contributed by atoms with van der Waals surface area (Å²) in [6.07, 6.45) is 0.472. The van der Waals surface area contributed by atoms with Crippen molar-refractivity contribution in [2.24, 2.45) is 5.73 Å². The Kier molecular flexibility index (Phi) is 4.96. The molecule has 0 saturated carbocycles. The van der Waals surface area contributed by atoms with E-state index in [0.29, 0.717) is 24.6 Å². The molecule has 0 aliphatic carbocycles. The Bertz CT molecular complexity index is 438. The maximum Gasteiger partial charge on any atom is 0.232 e. The standard InChI is InChI=1S/C12H20N2O2S/c1-10(2)11-4-6-12(7-5-11)14-17(15,16)9-3-8-13/h4-7,10,14H,3,8-9,13H2,1-2H3. The van der Waals surface area contributed by atoms with Gasteiger partial charge in [-0.15, -0.1) is 0 Å². The van der Waals surface area contributed by atoms with Gasteiger partial charge in [0.2, 0.25) is 10.0 Å². The van der Waals surface area contributed by atoms with E-state index in [-0.39, 0.29) is 5.75 Å². The van der Waals surface area contributed by atoms with Crippen LogP contribution in [-0.2, 0) is 10.0 Å². The van der Waals surface area contributed by atoms with E-state index in [9.17, 15) is 8.42 Å². The van der Waals surface area contributed by atoms with Crippen molar-refractivity contribution >= 4 is 15.7 Å². The Morgan fingerprint density at radius 1 is 1.24 bits per heavy atom. The minimum absolute atomic E-state index is 0.0649. The maximum atomic E-state index is 11.6. The van der Waals surface area contributed by atoms with Crippen LogP contribution in [0.5, 0.6) is 0 Å². The topological polar surface area (TPSA) is 72.2 Å². The second-order valence-corrected chi connectivity index (χ2v) is 6.18. The molecule has 0 heterocycles. The highest BCUT2D eigenvalue weighted by Gasteiger charge is 2.09. The van der Waals surface area contributed by atoms with Crippen molar-refractivity contribution in [1.82, 2.24) is 0 Å². The summed E-state index contributed by atoms with van der Waals surface area (Å²) in [5.74, 6) is 0.507. The van der Waals surface area contributed by atoms with Crippen LogP contribution in [0.15, 0.2) is 24.3 Å². The van der Waals surface area contributed by atoms with Crippen LogP contribution >= 0.6 is 0 Å². The number of rotatable bonds is 6. The summed E-state index contributed by atoms with van der Waals surface area (Å²) >= 11 is 0. The monoisotopic (exact) mass is 256 g/mol. The van der Waals surface area contributed by atoms with Crippen molar-refractivity contribution in [2.45, 2.75) is 26.2 Å². The van der Waals surface area contributed by atoms with Gasteiger partial charge in [0.25, 0.3) is 0 Å². The normalized spacial score (nSPS) is 11.8. The van der Waals surface area contributed by atoms with Gasteiger partial charge < -0.3 is 5.73 Å². The van der Waals surface area contributed by atoms with Crippen LogP contribution in [-0.4, -0.2) is 20.7 Å². The number of sulfonamides is 1. The molecule has 0 aliphatic rings. The van der Waals surface area contributed by atoms with Gasteiger partial charge >= 0.3 is 0 Å². The van der Waals surface area contributed by atoms with Crippen molar-refractivity contribution in [1.29, 1.82) is 0 Å². The van der Waals surface area contributed by atoms with E-state index in [1.807, 2.05) is 12.1 Å². The quantitative estimate of drug-likeness (QED) is 0.816. The van der Waals surface area contributed by atoms with E-state index in [1.54, 1.807) is 12.1 Å². The van der Waals surface area contributed by atoms with Gasteiger partial charge in [0.1, 0.15) is 0 Å². The summed E-state index contributed by atoms with van der Waals surface area (Å²) in [7, 11) is -3.26. The molecule has 96 valence electrons. The van der Waals surface area contributed by atoms with Crippen molar-refractivity contribution in [2.75, 3.05) is 17.0 Å². The molecular formula is C12H20N2O2S. The van der Waals surface area contributed by atoms with Crippen LogP contribution in [0.3, 0.4) is 0 Å². The van der Waals surface area contributed by atoms with Crippen molar-refractivity contribution in [3.05, 3.63) is 29.8 Å². The molecule has 1 aromatic carbocycles. The first kappa shape index (κ1) is 14.0. The predicted octanol–water partition coefficient (Wildman–Crippen LogP) is 1.90. The van der Waals surface area contributed by atoms with Crippen LogP contribution in [0.4, 0.5) is 5.69 Å². The maximum absolute atomic E-state index is 11.6. The van der Waals surface area contributed by atoms with Crippen molar-refractivity contribution < 1.29 is 8.42 Å². The molecule has 0 fully saturated rings. The molecule has 0 aromatic heterocycles. The lowest BCUT2D eigenvalue weighted by atomic mass is 10.0. The zero-order chi connectivity index (χ0) is 12.9. The molecule has 4 nitrogen and oxygen atoms in total. The largest absolute Gasteiger partial charge is 0.330 e. The number of benzene rings is 1. The molecule has 0 aliphatic heterocycles. The molecule has 1 rings (SSSR count). The fourth-order valence-corrected chi connectivity index (χ4v) is 2.58. The number of hydrogen-bond acceptors (Lipinski definition) is 3. The van der Waals surface area contributed by atoms with Crippen LogP contribution in [0.2, 0.25) is 0 Å². The highest BCUT2D eigenvalue weighted by Crippen LogP contribution is 2.17. The Morgan fingerprint density at radius 2 is 1.82 bits per heavy atom. The molecule has 0 unspecified atom stereocenters. The summed E-state index contributed by atoms with van der Waals surface area (Å²) in [5.41, 5.74) is 7.08. The van der Waals surface area contributed by atoms with Gasteiger partial charge in [-0.1, -0.05) is 26.0 Å². The lowest BCUT2D eigenvalue weighted by molar-refractivity contribution is 0.599. The van der Waals surface area contributed by atoms with E-state index < -0.39 is 10.0 Å². The fraction of sp³-hybridized carbons (Fsp3) is 0.500. The first-order valence-electron chi connectivity index (χ1n) is 5.75. The van der Waals surface area contributed by atoms with E-state index in [0.717, 1.165) is 0 Å². The highest BCUT2D eigenvalue weighted by atomic mass is 32.2. The average Bonchev–Trinajstić information content (AvgIpc) is 2.26. The van der Waals surface area contributed by atoms with E-state index in [4.69, 9.17) is 5.73 Å². The molecule has 0 radical (unpaired) electrons. The van der Waals surface area contributed by atoms with Gasteiger partial charge in [0.05, 0.1) is 5.75 Å². The van der Waals surface area contributed by atoms with E-state index >= 15 is 0 Å². The van der Waals surface area contributed by atoms with Gasteiger partial charge in [-0.3, -0.25) is 4.72 Å². The fourth-order valence-electron chi connectivity index (χ4n) is 1.44. The third kappa shape index (κ3) is 4.75. The van der Waals surface area contributed by atoms with E-state index in [2.05, 4.69) is 18.6 Å². The highest BCUT2D eigenvalue weighted by molar-refractivity contribution is 7.92. The Hall–Kier alpha value is -1.07. The van der Waals surface area contributed by atoms with Crippen LogP contribution in [0, 0.1) is 0 Å². The summed E-state index contributed by atoms with van der Waals surface area (Å²) in [6, 6.07) is 7.45. The molecule has 5 heteroatoms. The van der Waals surface area contributed by atoms with Crippen LogP contribution < -0.4 is 10.5 Å². The Morgan fingerprint density at radius 3 is 2.29 bits per heavy atom. The summed E-state index contributed by atoms with van der Waals surface area (Å²) in [4.78, 5) is 0. The number of hydrogen-bond donors (Lipinski definition) is 2. The first-order chi connectivity index (χ1) is 7.94. The lowest BCUT2D eigenvalue weighted by Crippen LogP contribution is -2.18. The third-order valence-corrected chi connectivity index (χ3v) is 3.84. The lowest BCUT2D eigenvalue weighted by Gasteiger charge is -2.09. The second-order valence-electron chi connectivity index (χ2n) is 4.34. The van der Waals surface area contributed by atoms with Crippen molar-refractivity contribution in [3.63, 3.8) is 0 Å². The van der Waals surface area contributed by atoms with Crippen molar-refractivity contribution in [3.8, 4) is 0 Å². The smallest absolute Gasteiger partial charge is 0.232 e. The molecular weight excluding hydrogens is 236 g/mol. The molecule has 0 bridgehead atoms. The van der Waals surface area contributed by atoms with Crippen LogP contribution in [0.1, 0.15) is 31.7 Å². The Balaban J connectivity index is 2.69. The third-order valence-electron chi connectivity index (χ3n) is 2.47. The van der Waals surface area contributed by atoms with Gasteiger partial charge in [-0.25, -0.2) is 8.42 Å². The molecule has 0 atom stereocenters. The van der Waals surface area contributed by atoms with Gasteiger partial charge in [0, 0.05) is 5.69 Å². The van der Waals surface area contributed by atoms with Gasteiger partial charge in [-0.05, 0) is 36.6 Å². The minimum Gasteiger partial charge on any atom is -0.330 e. The zero-order valence-corrected chi connectivity index (χ0v) is 11.1. The predicted molar refractivity (Wildman–Crippen MR) is 71.6 cm³/mol. The summed E-state index contributed by atoms with van der Waals surface area (Å²) < 4.78 is 25.8. The molecule has 1 aromatic rings. The molecule has 0 saturated heterocycles. The van der Waals surface area contributed by atoms with Gasteiger partial charge in [-0.2, -0.15) is 0 Å².